The second-order valence-corrected chi connectivity index (χ2v) is 24.9. The van der Waals surface area contributed by atoms with E-state index in [-0.39, 0.29) is 18.5 Å². The zero-order chi connectivity index (χ0) is 55.7. The summed E-state index contributed by atoms with van der Waals surface area (Å²) in [6.45, 7) is 5.00. The number of nitrogens with one attached hydrogen (secondary N) is 1. The highest BCUT2D eigenvalue weighted by Gasteiger charge is 2.20. The molecular formula is C71H141NO5. The standard InChI is InChI=1S/C71H141NO5/c1-3-5-7-9-11-13-15-17-19-21-23-24-25-26-28-31-35-39-43-47-51-55-59-63-69(74)68(67-73)72-70(75)64-60-56-52-48-44-40-36-32-29-27-30-34-38-42-46-50-54-58-62-66-77-71(76)65-61-57-53-49-45-41-37-33-22-20-18-16-14-12-10-8-6-4-2/h68-69,73-74H,3-67H2,1-2H3,(H,72,75). The quantitative estimate of drug-likeness (QED) is 0.0417. The molecule has 0 aliphatic rings. The average Bonchev–Trinajstić information content (AvgIpc) is 3.43. The van der Waals surface area contributed by atoms with Gasteiger partial charge in [0.15, 0.2) is 0 Å². The summed E-state index contributed by atoms with van der Waals surface area (Å²) < 4.78 is 5.51. The fourth-order valence-electron chi connectivity index (χ4n) is 11.7. The molecule has 0 saturated heterocycles. The summed E-state index contributed by atoms with van der Waals surface area (Å²) in [4.78, 5) is 24.7. The van der Waals surface area contributed by atoms with Crippen LogP contribution in [0.4, 0.5) is 0 Å². The van der Waals surface area contributed by atoms with Gasteiger partial charge in [0.1, 0.15) is 0 Å². The van der Waals surface area contributed by atoms with E-state index in [2.05, 4.69) is 19.2 Å². The third-order valence-corrected chi connectivity index (χ3v) is 17.2. The number of esters is 1. The monoisotopic (exact) mass is 1090 g/mol. The first-order valence-corrected chi connectivity index (χ1v) is 35.8. The van der Waals surface area contributed by atoms with Gasteiger partial charge in [0.2, 0.25) is 5.91 Å². The van der Waals surface area contributed by atoms with Gasteiger partial charge < -0.3 is 20.3 Å². The van der Waals surface area contributed by atoms with Crippen molar-refractivity contribution >= 4 is 11.9 Å². The van der Waals surface area contributed by atoms with Gasteiger partial charge in [-0.3, -0.25) is 9.59 Å². The minimum atomic E-state index is -0.667. The van der Waals surface area contributed by atoms with Crippen LogP contribution < -0.4 is 5.32 Å². The smallest absolute Gasteiger partial charge is 0.305 e. The van der Waals surface area contributed by atoms with E-state index in [1.807, 2.05) is 0 Å². The highest BCUT2D eigenvalue weighted by atomic mass is 16.5. The number of unbranched alkanes of at least 4 members (excludes halogenated alkanes) is 57. The van der Waals surface area contributed by atoms with Crippen molar-refractivity contribution in [1.82, 2.24) is 5.32 Å². The van der Waals surface area contributed by atoms with Crippen molar-refractivity contribution in [2.24, 2.45) is 0 Å². The molecule has 6 heteroatoms. The van der Waals surface area contributed by atoms with Gasteiger partial charge in [-0.1, -0.05) is 380 Å². The van der Waals surface area contributed by atoms with E-state index >= 15 is 0 Å². The summed E-state index contributed by atoms with van der Waals surface area (Å²) in [5.41, 5.74) is 0. The number of carbonyl (C=O) groups excluding carboxylic acids is 2. The van der Waals surface area contributed by atoms with Crippen molar-refractivity contribution in [3.05, 3.63) is 0 Å². The Bertz CT molecular complexity index is 1120. The van der Waals surface area contributed by atoms with Crippen LogP contribution in [0.15, 0.2) is 0 Å². The topological polar surface area (TPSA) is 95.9 Å². The Morgan fingerprint density at radius 3 is 0.792 bits per heavy atom. The number of hydrogen-bond acceptors (Lipinski definition) is 5. The molecule has 0 aliphatic carbocycles. The van der Waals surface area contributed by atoms with Crippen molar-refractivity contribution in [2.75, 3.05) is 13.2 Å². The summed E-state index contributed by atoms with van der Waals surface area (Å²) in [6, 6.07) is -0.544. The zero-order valence-corrected chi connectivity index (χ0v) is 52.7. The van der Waals surface area contributed by atoms with Gasteiger partial charge in [-0.25, -0.2) is 0 Å². The number of hydrogen-bond donors (Lipinski definition) is 3. The van der Waals surface area contributed by atoms with Crippen LogP contribution in [-0.4, -0.2) is 47.4 Å². The van der Waals surface area contributed by atoms with Crippen LogP contribution in [0.25, 0.3) is 0 Å². The van der Waals surface area contributed by atoms with Crippen molar-refractivity contribution in [3.8, 4) is 0 Å². The molecule has 6 nitrogen and oxygen atoms in total. The van der Waals surface area contributed by atoms with Gasteiger partial charge in [0.05, 0.1) is 25.4 Å². The average molecular weight is 1090 g/mol. The molecule has 460 valence electrons. The molecule has 0 heterocycles. The van der Waals surface area contributed by atoms with Gasteiger partial charge in [0.25, 0.3) is 0 Å². The van der Waals surface area contributed by atoms with E-state index in [9.17, 15) is 19.8 Å². The Hall–Kier alpha value is -1.14. The lowest BCUT2D eigenvalue weighted by molar-refractivity contribution is -0.143. The molecule has 0 fully saturated rings. The van der Waals surface area contributed by atoms with Gasteiger partial charge in [-0.15, -0.1) is 0 Å². The lowest BCUT2D eigenvalue weighted by Crippen LogP contribution is -2.45. The molecule has 3 N–H and O–H groups in total. The van der Waals surface area contributed by atoms with Crippen LogP contribution in [0, 0.1) is 0 Å². The molecule has 0 saturated carbocycles. The molecule has 0 aromatic rings. The van der Waals surface area contributed by atoms with Crippen LogP contribution in [0.3, 0.4) is 0 Å². The SMILES string of the molecule is CCCCCCCCCCCCCCCCCCCCCCCCCC(O)C(CO)NC(=O)CCCCCCCCCCCCCCCCCCCCCOC(=O)CCCCCCCCCCCCCCCCCCCC. The van der Waals surface area contributed by atoms with Crippen molar-refractivity contribution in [3.63, 3.8) is 0 Å². The summed E-state index contributed by atoms with van der Waals surface area (Å²) in [6.07, 6.45) is 81.4. The number of rotatable bonds is 68. The first-order chi connectivity index (χ1) is 38.0. The Kier molecular flexibility index (Phi) is 66.4. The van der Waals surface area contributed by atoms with Crippen LogP contribution in [0.2, 0.25) is 0 Å². The van der Waals surface area contributed by atoms with Crippen molar-refractivity contribution < 1.29 is 24.5 Å². The fourth-order valence-corrected chi connectivity index (χ4v) is 11.7. The zero-order valence-electron chi connectivity index (χ0n) is 52.7. The Labute approximate surface area is 483 Å². The third kappa shape index (κ3) is 63.9. The predicted octanol–water partition coefficient (Wildman–Crippen LogP) is 23.0. The van der Waals surface area contributed by atoms with Crippen LogP contribution in [-0.2, 0) is 14.3 Å². The number of amides is 1. The molecule has 2 unspecified atom stereocenters. The molecule has 0 aliphatic heterocycles. The van der Waals surface area contributed by atoms with Crippen LogP contribution in [0.1, 0.15) is 418 Å². The largest absolute Gasteiger partial charge is 0.466 e. The maximum Gasteiger partial charge on any atom is 0.305 e. The number of aliphatic hydroxyl groups excluding tert-OH is 2. The Morgan fingerprint density at radius 2 is 0.532 bits per heavy atom. The molecule has 77 heavy (non-hydrogen) atoms. The minimum Gasteiger partial charge on any atom is -0.466 e. The third-order valence-electron chi connectivity index (χ3n) is 17.2. The molecule has 1 amide bonds. The molecular weight excluding hydrogens is 947 g/mol. The van der Waals surface area contributed by atoms with Gasteiger partial charge in [-0.05, 0) is 25.7 Å². The Balaban J connectivity index is 3.37. The normalized spacial score (nSPS) is 12.4. The van der Waals surface area contributed by atoms with E-state index in [4.69, 9.17) is 4.74 Å². The maximum atomic E-state index is 12.6. The van der Waals surface area contributed by atoms with Crippen molar-refractivity contribution in [2.45, 2.75) is 431 Å². The molecule has 0 aromatic heterocycles. The predicted molar refractivity (Wildman–Crippen MR) is 338 cm³/mol. The first-order valence-electron chi connectivity index (χ1n) is 35.8. The lowest BCUT2D eigenvalue weighted by atomic mass is 10.0. The molecule has 2 atom stereocenters. The van der Waals surface area contributed by atoms with E-state index in [1.165, 1.54) is 347 Å². The summed E-state index contributed by atoms with van der Waals surface area (Å²) in [5.74, 6) is -0.0166. The fraction of sp³-hybridized carbons (Fsp3) is 0.972. The minimum absolute atomic E-state index is 0.0153. The number of ether oxygens (including phenoxy) is 1. The van der Waals surface area contributed by atoms with E-state index in [1.54, 1.807) is 0 Å². The van der Waals surface area contributed by atoms with Gasteiger partial charge in [-0.2, -0.15) is 0 Å². The van der Waals surface area contributed by atoms with Crippen molar-refractivity contribution in [1.29, 1.82) is 0 Å². The number of aliphatic hydroxyl groups is 2. The van der Waals surface area contributed by atoms with E-state index < -0.39 is 12.1 Å². The second kappa shape index (κ2) is 67.4. The highest BCUT2D eigenvalue weighted by molar-refractivity contribution is 5.76. The summed E-state index contributed by atoms with van der Waals surface area (Å²) >= 11 is 0. The lowest BCUT2D eigenvalue weighted by Gasteiger charge is -2.22. The highest BCUT2D eigenvalue weighted by Crippen LogP contribution is 2.20. The molecule has 0 radical (unpaired) electrons. The summed E-state index contributed by atoms with van der Waals surface area (Å²) in [5, 5.41) is 23.4. The van der Waals surface area contributed by atoms with Crippen LogP contribution in [0.5, 0.6) is 0 Å². The molecule has 0 bridgehead atoms. The first kappa shape index (κ1) is 75.9. The van der Waals surface area contributed by atoms with E-state index in [0.29, 0.717) is 25.9 Å². The van der Waals surface area contributed by atoms with Gasteiger partial charge in [0, 0.05) is 12.8 Å². The molecule has 0 aromatic carbocycles. The van der Waals surface area contributed by atoms with E-state index in [0.717, 1.165) is 38.5 Å². The Morgan fingerprint density at radius 1 is 0.312 bits per heavy atom. The maximum absolute atomic E-state index is 12.6. The summed E-state index contributed by atoms with van der Waals surface area (Å²) in [7, 11) is 0. The van der Waals surface area contributed by atoms with Crippen LogP contribution >= 0.6 is 0 Å². The molecule has 0 rings (SSSR count). The second-order valence-electron chi connectivity index (χ2n) is 24.9. The molecule has 0 spiro atoms. The number of carbonyl (C=O) groups is 2. The van der Waals surface area contributed by atoms with Gasteiger partial charge >= 0.3 is 5.97 Å².